The first-order valence-corrected chi connectivity index (χ1v) is 7.36. The number of hydrogen-bond acceptors (Lipinski definition) is 4. The monoisotopic (exact) mass is 398 g/mol. The van der Waals surface area contributed by atoms with Gasteiger partial charge in [0.15, 0.2) is 0 Å². The van der Waals surface area contributed by atoms with Crippen molar-refractivity contribution in [3.63, 3.8) is 0 Å². The maximum atomic E-state index is 12.3. The molecule has 0 aliphatic rings. The van der Waals surface area contributed by atoms with Crippen LogP contribution < -0.4 is 10.6 Å². The van der Waals surface area contributed by atoms with Crippen molar-refractivity contribution in [3.8, 4) is 0 Å². The van der Waals surface area contributed by atoms with Crippen molar-refractivity contribution >= 4 is 49.4 Å². The Kier molecular flexibility index (Phi) is 4.72. The number of halogens is 2. The highest BCUT2D eigenvalue weighted by atomic mass is 79.9. The molecule has 2 N–H and O–H groups in total. The van der Waals surface area contributed by atoms with Crippen molar-refractivity contribution in [2.45, 2.75) is 6.92 Å². The molecule has 0 spiro atoms. The number of nitrogens with one attached hydrogen (secondary N) is 2. The molecule has 20 heavy (non-hydrogen) atoms. The van der Waals surface area contributed by atoms with Crippen LogP contribution in [0.3, 0.4) is 0 Å². The number of amides is 1. The second-order valence-electron chi connectivity index (χ2n) is 4.07. The van der Waals surface area contributed by atoms with Crippen LogP contribution in [0.15, 0.2) is 33.5 Å². The minimum atomic E-state index is -0.263. The molecule has 1 amide bonds. The number of anilines is 2. The minimum absolute atomic E-state index is 0.263. The molecule has 2 rings (SSSR count). The molecule has 5 nitrogen and oxygen atoms in total. The maximum absolute atomic E-state index is 12.3. The van der Waals surface area contributed by atoms with E-state index in [2.05, 4.69) is 52.5 Å². The normalized spacial score (nSPS) is 10.2. The third-order valence-electron chi connectivity index (χ3n) is 2.61. The van der Waals surface area contributed by atoms with Crippen LogP contribution in [0.25, 0.3) is 0 Å². The van der Waals surface area contributed by atoms with Gasteiger partial charge in [0.05, 0.1) is 5.56 Å². The third-order valence-corrected chi connectivity index (χ3v) is 3.48. The van der Waals surface area contributed by atoms with Gasteiger partial charge in [-0.25, -0.2) is 9.97 Å². The summed E-state index contributed by atoms with van der Waals surface area (Å²) in [6, 6.07) is 3.60. The van der Waals surface area contributed by atoms with Gasteiger partial charge in [-0.1, -0.05) is 0 Å². The zero-order valence-electron chi connectivity index (χ0n) is 10.9. The zero-order chi connectivity index (χ0) is 14.7. The van der Waals surface area contributed by atoms with Crippen LogP contribution in [0.5, 0.6) is 0 Å². The van der Waals surface area contributed by atoms with Gasteiger partial charge in [-0.05, 0) is 56.5 Å². The Labute approximate surface area is 133 Å². The molecule has 0 atom stereocenters. The zero-order valence-corrected chi connectivity index (χ0v) is 14.0. The first kappa shape index (κ1) is 14.9. The van der Waals surface area contributed by atoms with Crippen molar-refractivity contribution in [2.75, 3.05) is 17.7 Å². The molecule has 2 aromatic heterocycles. The molecule has 0 aliphatic carbocycles. The van der Waals surface area contributed by atoms with E-state index in [0.717, 1.165) is 14.5 Å². The van der Waals surface area contributed by atoms with Gasteiger partial charge in [-0.2, -0.15) is 0 Å². The second kappa shape index (κ2) is 6.32. The van der Waals surface area contributed by atoms with Gasteiger partial charge in [-0.3, -0.25) is 4.79 Å². The molecule has 0 aromatic carbocycles. The molecule has 0 saturated heterocycles. The van der Waals surface area contributed by atoms with Gasteiger partial charge < -0.3 is 10.6 Å². The van der Waals surface area contributed by atoms with Crippen molar-refractivity contribution in [1.82, 2.24) is 9.97 Å². The molecule has 2 heterocycles. The molecular formula is C13H12Br2N4O. The number of hydrogen-bond donors (Lipinski definition) is 2. The predicted octanol–water partition coefficient (Wildman–Crippen LogP) is 3.60. The SMILES string of the molecule is CNc1ncc(Br)cc1C(=O)Nc1ncc(Br)cc1C. The van der Waals surface area contributed by atoms with Gasteiger partial charge in [0.2, 0.25) is 0 Å². The van der Waals surface area contributed by atoms with Crippen LogP contribution in [0.2, 0.25) is 0 Å². The van der Waals surface area contributed by atoms with E-state index < -0.39 is 0 Å². The van der Waals surface area contributed by atoms with E-state index in [9.17, 15) is 4.79 Å². The molecule has 0 bridgehead atoms. The van der Waals surface area contributed by atoms with E-state index in [4.69, 9.17) is 0 Å². The van der Waals surface area contributed by atoms with Crippen molar-refractivity contribution < 1.29 is 4.79 Å². The van der Waals surface area contributed by atoms with E-state index in [-0.39, 0.29) is 5.91 Å². The number of aromatic nitrogens is 2. The largest absolute Gasteiger partial charge is 0.372 e. The van der Waals surface area contributed by atoms with Crippen molar-refractivity contribution in [2.24, 2.45) is 0 Å². The van der Waals surface area contributed by atoms with E-state index in [0.29, 0.717) is 17.2 Å². The fourth-order valence-corrected chi connectivity index (χ4v) is 2.43. The number of aryl methyl sites for hydroxylation is 1. The summed E-state index contributed by atoms with van der Waals surface area (Å²) in [5.41, 5.74) is 1.33. The summed E-state index contributed by atoms with van der Waals surface area (Å²) in [6.45, 7) is 1.88. The first-order valence-electron chi connectivity index (χ1n) is 5.78. The summed E-state index contributed by atoms with van der Waals surface area (Å²) in [5, 5.41) is 5.68. The summed E-state index contributed by atoms with van der Waals surface area (Å²) < 4.78 is 1.61. The molecule has 0 unspecified atom stereocenters. The topological polar surface area (TPSA) is 66.9 Å². The molecule has 0 saturated carbocycles. The Morgan fingerprint density at radius 3 is 2.30 bits per heavy atom. The standard InChI is InChI=1S/C13H12Br2N4O/c1-7-3-8(14)5-17-11(7)19-13(20)10-4-9(15)6-18-12(10)16-2/h3-6H,1-2H3,(H,16,18)(H,17,19,20). The van der Waals surface area contributed by atoms with Gasteiger partial charge in [0.25, 0.3) is 5.91 Å². The van der Waals surface area contributed by atoms with Crippen LogP contribution in [-0.2, 0) is 0 Å². The van der Waals surface area contributed by atoms with Crippen molar-refractivity contribution in [3.05, 3.63) is 44.6 Å². The Balaban J connectivity index is 2.30. The summed E-state index contributed by atoms with van der Waals surface area (Å²) >= 11 is 6.65. The molecule has 0 fully saturated rings. The van der Waals surface area contributed by atoms with Gasteiger partial charge in [0.1, 0.15) is 11.6 Å². The Morgan fingerprint density at radius 2 is 1.70 bits per heavy atom. The average molecular weight is 400 g/mol. The second-order valence-corrected chi connectivity index (χ2v) is 5.90. The molecule has 0 radical (unpaired) electrons. The first-order chi connectivity index (χ1) is 9.51. The molecule has 7 heteroatoms. The Hall–Kier alpha value is -1.47. The molecular weight excluding hydrogens is 388 g/mol. The van der Waals surface area contributed by atoms with Crippen LogP contribution >= 0.6 is 31.9 Å². The molecule has 0 aliphatic heterocycles. The summed E-state index contributed by atoms with van der Waals surface area (Å²) in [7, 11) is 1.72. The Morgan fingerprint density at radius 1 is 1.10 bits per heavy atom. The fourth-order valence-electron chi connectivity index (χ4n) is 1.66. The van der Waals surface area contributed by atoms with E-state index in [1.54, 1.807) is 25.5 Å². The fraction of sp³-hybridized carbons (Fsp3) is 0.154. The van der Waals surface area contributed by atoms with Gasteiger partial charge >= 0.3 is 0 Å². The number of rotatable bonds is 3. The summed E-state index contributed by atoms with van der Waals surface area (Å²) in [6.07, 6.45) is 3.27. The van der Waals surface area contributed by atoms with Crippen LogP contribution in [-0.4, -0.2) is 22.9 Å². The molecule has 2 aromatic rings. The lowest BCUT2D eigenvalue weighted by molar-refractivity contribution is 0.102. The quantitative estimate of drug-likeness (QED) is 0.827. The number of carbonyl (C=O) groups is 1. The van der Waals surface area contributed by atoms with Gasteiger partial charge in [0, 0.05) is 28.4 Å². The highest BCUT2D eigenvalue weighted by molar-refractivity contribution is 9.10. The minimum Gasteiger partial charge on any atom is -0.372 e. The lowest BCUT2D eigenvalue weighted by Gasteiger charge is -2.10. The Bertz CT molecular complexity index is 661. The summed E-state index contributed by atoms with van der Waals surface area (Å²) in [5.74, 6) is 0.779. The maximum Gasteiger partial charge on any atom is 0.260 e. The third kappa shape index (κ3) is 3.34. The van der Waals surface area contributed by atoms with E-state index in [1.165, 1.54) is 0 Å². The van der Waals surface area contributed by atoms with Crippen molar-refractivity contribution in [1.29, 1.82) is 0 Å². The molecule has 104 valence electrons. The number of nitrogens with zero attached hydrogens (tertiary/aromatic N) is 2. The van der Waals surface area contributed by atoms with E-state index >= 15 is 0 Å². The lowest BCUT2D eigenvalue weighted by atomic mass is 10.2. The average Bonchev–Trinajstić information content (AvgIpc) is 2.41. The van der Waals surface area contributed by atoms with Crippen LogP contribution in [0.1, 0.15) is 15.9 Å². The smallest absolute Gasteiger partial charge is 0.260 e. The van der Waals surface area contributed by atoms with E-state index in [1.807, 2.05) is 13.0 Å². The van der Waals surface area contributed by atoms with Gasteiger partial charge in [-0.15, -0.1) is 0 Å². The lowest BCUT2D eigenvalue weighted by Crippen LogP contribution is -2.16. The number of carbonyl (C=O) groups excluding carboxylic acids is 1. The highest BCUT2D eigenvalue weighted by Crippen LogP contribution is 2.21. The predicted molar refractivity (Wildman–Crippen MR) is 86.1 cm³/mol. The highest BCUT2D eigenvalue weighted by Gasteiger charge is 2.14. The van der Waals surface area contributed by atoms with Crippen LogP contribution in [0.4, 0.5) is 11.6 Å². The number of pyridine rings is 2. The van der Waals surface area contributed by atoms with Crippen LogP contribution in [0, 0.1) is 6.92 Å². The summed E-state index contributed by atoms with van der Waals surface area (Å²) in [4.78, 5) is 20.7.